The van der Waals surface area contributed by atoms with Crippen LogP contribution in [0.25, 0.3) is 0 Å². The third-order valence-corrected chi connectivity index (χ3v) is 4.30. The molecule has 0 radical (unpaired) electrons. The Morgan fingerprint density at radius 3 is 2.75 bits per heavy atom. The van der Waals surface area contributed by atoms with Crippen molar-refractivity contribution in [1.29, 1.82) is 0 Å². The molecule has 0 aliphatic heterocycles. The zero-order chi connectivity index (χ0) is 17.0. The fraction of sp³-hybridized carbons (Fsp3) is 0.333. The number of hydrogen-bond acceptors (Lipinski definition) is 3. The van der Waals surface area contributed by atoms with E-state index in [4.69, 9.17) is 0 Å². The summed E-state index contributed by atoms with van der Waals surface area (Å²) in [7, 11) is 0. The summed E-state index contributed by atoms with van der Waals surface area (Å²) in [6, 6.07) is 10.4. The molecule has 1 aliphatic carbocycles. The van der Waals surface area contributed by atoms with E-state index in [0.29, 0.717) is 24.1 Å². The van der Waals surface area contributed by atoms with Crippen LogP contribution in [0.4, 0.5) is 9.18 Å². The topological polar surface area (TPSA) is 74.2 Å². The highest BCUT2D eigenvalue weighted by atomic mass is 19.1. The Kier molecular flexibility index (Phi) is 4.76. The number of nitrogens with one attached hydrogen (secondary N) is 2. The van der Waals surface area contributed by atoms with Gasteiger partial charge in [-0.2, -0.15) is 0 Å². The van der Waals surface area contributed by atoms with Gasteiger partial charge in [0.15, 0.2) is 0 Å². The van der Waals surface area contributed by atoms with Crippen molar-refractivity contribution in [3.8, 4) is 0 Å². The number of aliphatic hydroxyl groups is 1. The highest BCUT2D eigenvalue weighted by Crippen LogP contribution is 2.30. The average molecular weight is 329 g/mol. The van der Waals surface area contributed by atoms with E-state index in [2.05, 4.69) is 15.6 Å². The Labute approximate surface area is 139 Å². The summed E-state index contributed by atoms with van der Waals surface area (Å²) >= 11 is 0. The van der Waals surface area contributed by atoms with E-state index >= 15 is 0 Å². The summed E-state index contributed by atoms with van der Waals surface area (Å²) in [4.78, 5) is 16.5. The number of amides is 2. The molecule has 24 heavy (non-hydrogen) atoms. The highest BCUT2D eigenvalue weighted by Gasteiger charge is 2.34. The molecule has 1 aromatic carbocycles. The fourth-order valence-electron chi connectivity index (χ4n) is 2.75. The van der Waals surface area contributed by atoms with Crippen molar-refractivity contribution in [3.05, 3.63) is 65.7 Å². The van der Waals surface area contributed by atoms with Gasteiger partial charge in [-0.25, -0.2) is 9.18 Å². The molecule has 2 amide bonds. The molecular weight excluding hydrogens is 309 g/mol. The van der Waals surface area contributed by atoms with Gasteiger partial charge in [0.25, 0.3) is 0 Å². The number of rotatable bonds is 5. The summed E-state index contributed by atoms with van der Waals surface area (Å²) < 4.78 is 13.6. The second-order valence-electron chi connectivity index (χ2n) is 6.15. The second-order valence-corrected chi connectivity index (χ2v) is 6.15. The number of hydrogen-bond donors (Lipinski definition) is 3. The van der Waals surface area contributed by atoms with Crippen LogP contribution in [0, 0.1) is 5.82 Å². The van der Waals surface area contributed by atoms with E-state index in [-0.39, 0.29) is 12.4 Å². The highest BCUT2D eigenvalue weighted by molar-refractivity contribution is 5.75. The summed E-state index contributed by atoms with van der Waals surface area (Å²) in [6.45, 7) is 0.205. The van der Waals surface area contributed by atoms with E-state index in [9.17, 15) is 14.3 Å². The van der Waals surface area contributed by atoms with Crippen LogP contribution in [-0.4, -0.2) is 28.3 Å². The summed E-state index contributed by atoms with van der Waals surface area (Å²) in [5, 5.41) is 15.6. The summed E-state index contributed by atoms with van der Waals surface area (Å²) in [5.41, 5.74) is 0.420. The van der Waals surface area contributed by atoms with Crippen molar-refractivity contribution in [2.75, 3.05) is 6.54 Å². The average Bonchev–Trinajstić information content (AvgIpc) is 2.57. The molecule has 126 valence electrons. The van der Waals surface area contributed by atoms with Crippen LogP contribution in [0.3, 0.4) is 0 Å². The third kappa shape index (κ3) is 3.89. The van der Waals surface area contributed by atoms with Gasteiger partial charge in [0.2, 0.25) is 0 Å². The molecular formula is C18H20FN3O2. The normalized spacial score (nSPS) is 16.8. The van der Waals surface area contributed by atoms with Gasteiger partial charge in [-0.1, -0.05) is 18.2 Å². The van der Waals surface area contributed by atoms with Crippen molar-refractivity contribution < 1.29 is 14.3 Å². The predicted octanol–water partition coefficient (Wildman–Crippen LogP) is 2.52. The van der Waals surface area contributed by atoms with Gasteiger partial charge in [0, 0.05) is 12.7 Å². The Hall–Kier alpha value is -2.47. The number of benzene rings is 1. The van der Waals surface area contributed by atoms with Gasteiger partial charge in [0.1, 0.15) is 5.82 Å². The van der Waals surface area contributed by atoms with Crippen LogP contribution >= 0.6 is 0 Å². The first-order valence-corrected chi connectivity index (χ1v) is 7.99. The molecule has 5 nitrogen and oxygen atoms in total. The van der Waals surface area contributed by atoms with E-state index in [1.807, 2.05) is 6.07 Å². The Balaban J connectivity index is 1.74. The number of carbonyl (C=O) groups excluding carboxylic acids is 1. The molecule has 1 saturated carbocycles. The quantitative estimate of drug-likeness (QED) is 0.789. The molecule has 2 aromatic rings. The van der Waals surface area contributed by atoms with Crippen LogP contribution in [0.15, 0.2) is 48.7 Å². The zero-order valence-electron chi connectivity index (χ0n) is 13.2. The molecule has 1 unspecified atom stereocenters. The van der Waals surface area contributed by atoms with E-state index in [0.717, 1.165) is 6.42 Å². The Morgan fingerprint density at radius 1 is 1.29 bits per heavy atom. The molecule has 1 aromatic heterocycles. The van der Waals surface area contributed by atoms with E-state index < -0.39 is 17.7 Å². The first kappa shape index (κ1) is 16.4. The largest absolute Gasteiger partial charge is 0.388 e. The standard InChI is InChI=1S/C18H20FN3O2/c19-14-6-3-5-13(11-14)16(15-7-1-2-10-20-15)22-17(23)21-12-18(24)8-4-9-18/h1-3,5-7,10-11,16,24H,4,8-9,12H2,(H2,21,22,23). The molecule has 0 spiro atoms. The molecule has 1 aliphatic rings. The van der Waals surface area contributed by atoms with E-state index in [1.165, 1.54) is 12.1 Å². The van der Waals surface area contributed by atoms with Gasteiger partial charge in [-0.15, -0.1) is 0 Å². The third-order valence-electron chi connectivity index (χ3n) is 4.30. The summed E-state index contributed by atoms with van der Waals surface area (Å²) in [6.07, 6.45) is 3.99. The van der Waals surface area contributed by atoms with Crippen LogP contribution < -0.4 is 10.6 Å². The van der Waals surface area contributed by atoms with Gasteiger partial charge >= 0.3 is 6.03 Å². The lowest BCUT2D eigenvalue weighted by Crippen LogP contribution is -2.50. The minimum atomic E-state index is -0.795. The Morgan fingerprint density at radius 2 is 2.12 bits per heavy atom. The number of carbonyl (C=O) groups is 1. The summed E-state index contributed by atoms with van der Waals surface area (Å²) in [5.74, 6) is -0.376. The van der Waals surface area contributed by atoms with Crippen molar-refractivity contribution in [2.45, 2.75) is 30.9 Å². The minimum absolute atomic E-state index is 0.205. The molecule has 0 saturated heterocycles. The van der Waals surface area contributed by atoms with Crippen molar-refractivity contribution >= 4 is 6.03 Å². The lowest BCUT2D eigenvalue weighted by molar-refractivity contribution is -0.0290. The second kappa shape index (κ2) is 6.97. The molecule has 0 bridgehead atoms. The first-order chi connectivity index (χ1) is 11.6. The smallest absolute Gasteiger partial charge is 0.315 e. The van der Waals surface area contributed by atoms with Crippen LogP contribution in [-0.2, 0) is 0 Å². The zero-order valence-corrected chi connectivity index (χ0v) is 13.2. The molecule has 1 fully saturated rings. The van der Waals surface area contributed by atoms with Gasteiger partial charge in [0.05, 0.1) is 17.3 Å². The maximum absolute atomic E-state index is 13.6. The molecule has 6 heteroatoms. The van der Waals surface area contributed by atoms with Gasteiger partial charge < -0.3 is 15.7 Å². The molecule has 3 N–H and O–H groups in total. The lowest BCUT2D eigenvalue weighted by Gasteiger charge is -2.36. The molecule has 3 rings (SSSR count). The predicted molar refractivity (Wildman–Crippen MR) is 87.8 cm³/mol. The number of urea groups is 1. The first-order valence-electron chi connectivity index (χ1n) is 7.99. The van der Waals surface area contributed by atoms with Crippen molar-refractivity contribution in [1.82, 2.24) is 15.6 Å². The number of aromatic nitrogens is 1. The maximum atomic E-state index is 13.6. The lowest BCUT2D eigenvalue weighted by atomic mass is 9.80. The number of halogens is 1. The van der Waals surface area contributed by atoms with Gasteiger partial charge in [-0.3, -0.25) is 4.98 Å². The van der Waals surface area contributed by atoms with Crippen LogP contribution in [0.2, 0.25) is 0 Å². The number of pyridine rings is 1. The monoisotopic (exact) mass is 329 g/mol. The maximum Gasteiger partial charge on any atom is 0.315 e. The minimum Gasteiger partial charge on any atom is -0.388 e. The molecule has 1 atom stereocenters. The van der Waals surface area contributed by atoms with Gasteiger partial charge in [-0.05, 0) is 49.1 Å². The number of nitrogens with zero attached hydrogens (tertiary/aromatic N) is 1. The van der Waals surface area contributed by atoms with Crippen LogP contribution in [0.5, 0.6) is 0 Å². The van der Waals surface area contributed by atoms with Crippen molar-refractivity contribution in [3.63, 3.8) is 0 Å². The SMILES string of the molecule is O=C(NCC1(O)CCC1)NC(c1cccc(F)c1)c1ccccn1. The van der Waals surface area contributed by atoms with Crippen LogP contribution in [0.1, 0.15) is 36.6 Å². The fourth-order valence-corrected chi connectivity index (χ4v) is 2.75. The van der Waals surface area contributed by atoms with Crippen molar-refractivity contribution in [2.24, 2.45) is 0 Å². The molecule has 1 heterocycles. The Bertz CT molecular complexity index is 704. The van der Waals surface area contributed by atoms with E-state index in [1.54, 1.807) is 30.5 Å².